The Morgan fingerprint density at radius 1 is 1.12 bits per heavy atom. The first-order valence-corrected chi connectivity index (χ1v) is 14.2. The number of hydrogen-bond donors (Lipinski definition) is 5. The molecule has 0 unspecified atom stereocenters. The van der Waals surface area contributed by atoms with E-state index in [2.05, 4.69) is 0 Å². The lowest BCUT2D eigenvalue weighted by Gasteiger charge is -2.67. The topological polar surface area (TPSA) is 171 Å². The molecule has 4 aliphatic carbocycles. The minimum atomic E-state index is -2.08. The Morgan fingerprint density at radius 2 is 1.80 bits per heavy atom. The van der Waals surface area contributed by atoms with Crippen LogP contribution in [-0.2, 0) is 23.9 Å². The standard InChI is InChI=1S/C30H42O10/c1-16-13-23(40-24(34)17(16)2)26(5,35)30(38)12-11-28(36)20-14-22(33)29(37)9-6-7-21(32)25(29,4)19(20)8-10-27(28,30)15-39-18(3)31/h6-7,19-20,22-23,33,35-38H,8-15H2,1-5H3/t19-,20+,22+,23+,25-,26-,27+,28+,29-,30+/m0/s1. The van der Waals surface area contributed by atoms with Gasteiger partial charge in [-0.1, -0.05) is 11.6 Å². The van der Waals surface area contributed by atoms with Gasteiger partial charge in [-0.25, -0.2) is 4.79 Å². The van der Waals surface area contributed by atoms with Gasteiger partial charge in [0, 0.05) is 18.9 Å². The number of carbonyl (C=O) groups is 3. The number of allylic oxidation sites excluding steroid dienone is 1. The molecule has 0 aromatic heterocycles. The molecule has 5 aliphatic rings. The molecule has 10 nitrogen and oxygen atoms in total. The summed E-state index contributed by atoms with van der Waals surface area (Å²) in [5.41, 5.74) is -9.53. The van der Waals surface area contributed by atoms with Crippen LogP contribution in [0.1, 0.15) is 79.6 Å². The average molecular weight is 563 g/mol. The Labute approximate surface area is 234 Å². The summed E-state index contributed by atoms with van der Waals surface area (Å²) >= 11 is 0. The summed E-state index contributed by atoms with van der Waals surface area (Å²) < 4.78 is 11.1. The molecule has 0 aromatic rings. The van der Waals surface area contributed by atoms with E-state index in [-0.39, 0.29) is 50.7 Å². The van der Waals surface area contributed by atoms with Gasteiger partial charge in [-0.05, 0) is 84.1 Å². The maximum atomic E-state index is 13.4. The van der Waals surface area contributed by atoms with Crippen molar-refractivity contribution in [3.05, 3.63) is 23.3 Å². The molecule has 0 saturated heterocycles. The van der Waals surface area contributed by atoms with Crippen molar-refractivity contribution in [1.29, 1.82) is 0 Å². The molecule has 10 heteroatoms. The van der Waals surface area contributed by atoms with E-state index in [1.165, 1.54) is 19.9 Å². The molecular weight excluding hydrogens is 520 g/mol. The average Bonchev–Trinajstić information content (AvgIpc) is 3.13. The third-order valence-corrected chi connectivity index (χ3v) is 12.0. The highest BCUT2D eigenvalue weighted by Crippen LogP contribution is 2.71. The second-order valence-corrected chi connectivity index (χ2v) is 13.4. The number of esters is 2. The van der Waals surface area contributed by atoms with Crippen LogP contribution in [0.25, 0.3) is 0 Å². The van der Waals surface area contributed by atoms with Crippen LogP contribution in [0.4, 0.5) is 0 Å². The number of cyclic esters (lactones) is 1. The van der Waals surface area contributed by atoms with Gasteiger partial charge in [0.1, 0.15) is 29.5 Å². The Morgan fingerprint density at radius 3 is 2.42 bits per heavy atom. The lowest BCUT2D eigenvalue weighted by atomic mass is 9.40. The molecule has 1 aliphatic heterocycles. The van der Waals surface area contributed by atoms with Crippen LogP contribution < -0.4 is 0 Å². The summed E-state index contributed by atoms with van der Waals surface area (Å²) in [6.07, 6.45) is 0.888. The molecule has 5 N–H and O–H groups in total. The van der Waals surface area contributed by atoms with E-state index in [4.69, 9.17) is 9.47 Å². The van der Waals surface area contributed by atoms with Crippen LogP contribution in [0.2, 0.25) is 0 Å². The maximum absolute atomic E-state index is 13.4. The van der Waals surface area contributed by atoms with Gasteiger partial charge in [-0.3, -0.25) is 9.59 Å². The highest BCUT2D eigenvalue weighted by molar-refractivity contribution is 5.97. The summed E-state index contributed by atoms with van der Waals surface area (Å²) in [5, 5.41) is 60.4. The summed E-state index contributed by atoms with van der Waals surface area (Å²) in [4.78, 5) is 38.0. The third kappa shape index (κ3) is 3.37. The summed E-state index contributed by atoms with van der Waals surface area (Å²) in [7, 11) is 0. The number of ether oxygens (including phenoxy) is 2. The SMILES string of the molecule is CC(=O)OC[C@]12CC[C@H]3[C@@H](C[C@@H](O)[C@@]4(O)CC=CC(=O)[C@]34C)[C@]1(O)CC[C@@]2(O)[C@@](C)(O)[C@H]1CC(C)=C(C)C(=O)O1. The number of aliphatic hydroxyl groups excluding tert-OH is 1. The van der Waals surface area contributed by atoms with Gasteiger partial charge in [0.2, 0.25) is 0 Å². The van der Waals surface area contributed by atoms with Crippen molar-refractivity contribution in [2.45, 2.75) is 114 Å². The number of fused-ring (bicyclic) bond motifs is 5. The predicted molar refractivity (Wildman–Crippen MR) is 140 cm³/mol. The smallest absolute Gasteiger partial charge is 0.334 e. The second-order valence-electron chi connectivity index (χ2n) is 13.4. The number of aliphatic hydroxyl groups is 5. The summed E-state index contributed by atoms with van der Waals surface area (Å²) in [6, 6.07) is 0. The zero-order valence-electron chi connectivity index (χ0n) is 23.9. The van der Waals surface area contributed by atoms with Crippen molar-refractivity contribution < 1.29 is 49.4 Å². The molecule has 0 bridgehead atoms. The normalized spacial score (nSPS) is 48.0. The van der Waals surface area contributed by atoms with Gasteiger partial charge in [0.15, 0.2) is 5.78 Å². The largest absolute Gasteiger partial charge is 0.465 e. The van der Waals surface area contributed by atoms with E-state index in [0.29, 0.717) is 11.1 Å². The zero-order chi connectivity index (χ0) is 29.7. The first-order chi connectivity index (χ1) is 18.4. The lowest BCUT2D eigenvalue weighted by Crippen LogP contribution is -2.77. The van der Waals surface area contributed by atoms with Gasteiger partial charge < -0.3 is 35.0 Å². The monoisotopic (exact) mass is 562 g/mol. The van der Waals surface area contributed by atoms with Gasteiger partial charge in [-0.15, -0.1) is 0 Å². The Hall–Kier alpha value is -2.11. The first-order valence-electron chi connectivity index (χ1n) is 14.2. The Kier molecular flexibility index (Phi) is 6.57. The van der Waals surface area contributed by atoms with Crippen molar-refractivity contribution in [3.63, 3.8) is 0 Å². The molecule has 40 heavy (non-hydrogen) atoms. The minimum Gasteiger partial charge on any atom is -0.465 e. The van der Waals surface area contributed by atoms with Crippen molar-refractivity contribution in [1.82, 2.24) is 0 Å². The highest BCUT2D eigenvalue weighted by atomic mass is 16.6. The minimum absolute atomic E-state index is 0.0259. The van der Waals surface area contributed by atoms with Crippen LogP contribution >= 0.6 is 0 Å². The van der Waals surface area contributed by atoms with Gasteiger partial charge in [0.05, 0.1) is 22.5 Å². The molecular formula is C30H42O10. The van der Waals surface area contributed by atoms with Crippen LogP contribution in [0.3, 0.4) is 0 Å². The van der Waals surface area contributed by atoms with Crippen molar-refractivity contribution in [2.75, 3.05) is 6.61 Å². The van der Waals surface area contributed by atoms with Gasteiger partial charge in [-0.2, -0.15) is 0 Å². The number of hydrogen-bond acceptors (Lipinski definition) is 10. The summed E-state index contributed by atoms with van der Waals surface area (Å²) in [5.74, 6) is -2.89. The van der Waals surface area contributed by atoms with Gasteiger partial charge in [0.25, 0.3) is 0 Å². The van der Waals surface area contributed by atoms with Crippen molar-refractivity contribution >= 4 is 17.7 Å². The van der Waals surface area contributed by atoms with Crippen molar-refractivity contribution in [3.8, 4) is 0 Å². The van der Waals surface area contributed by atoms with Gasteiger partial charge >= 0.3 is 11.9 Å². The van der Waals surface area contributed by atoms with E-state index < -0.39 is 75.8 Å². The van der Waals surface area contributed by atoms with E-state index >= 15 is 0 Å². The van der Waals surface area contributed by atoms with E-state index in [9.17, 15) is 39.9 Å². The molecule has 5 rings (SSSR count). The molecule has 0 aromatic carbocycles. The third-order valence-electron chi connectivity index (χ3n) is 12.0. The van der Waals surface area contributed by atoms with Crippen molar-refractivity contribution in [2.24, 2.45) is 22.7 Å². The first kappa shape index (κ1) is 29.4. The predicted octanol–water partition coefficient (Wildman–Crippen LogP) is 1.25. The van der Waals surface area contributed by atoms with Crippen LogP contribution in [0, 0.1) is 22.7 Å². The fourth-order valence-electron chi connectivity index (χ4n) is 9.25. The quantitative estimate of drug-likeness (QED) is 0.314. The Balaban J connectivity index is 1.63. The molecule has 222 valence electrons. The molecule has 0 spiro atoms. The van der Waals surface area contributed by atoms with Crippen LogP contribution in [0.5, 0.6) is 0 Å². The molecule has 3 saturated carbocycles. The number of ketones is 1. The highest BCUT2D eigenvalue weighted by Gasteiger charge is 2.80. The molecule has 3 fully saturated rings. The molecule has 0 radical (unpaired) electrons. The van der Waals surface area contributed by atoms with E-state index in [0.717, 1.165) is 0 Å². The maximum Gasteiger partial charge on any atom is 0.334 e. The fraction of sp³-hybridized carbons (Fsp3) is 0.767. The Bertz CT molecular complexity index is 1200. The zero-order valence-corrected chi connectivity index (χ0v) is 23.9. The summed E-state index contributed by atoms with van der Waals surface area (Å²) in [6.45, 7) is 7.20. The van der Waals surface area contributed by atoms with Crippen LogP contribution in [-0.4, -0.2) is 84.5 Å². The van der Waals surface area contributed by atoms with E-state index in [1.807, 2.05) is 0 Å². The fourth-order valence-corrected chi connectivity index (χ4v) is 9.25. The number of rotatable bonds is 4. The van der Waals surface area contributed by atoms with Crippen LogP contribution in [0.15, 0.2) is 23.3 Å². The lowest BCUT2D eigenvalue weighted by molar-refractivity contribution is -0.312. The van der Waals surface area contributed by atoms with E-state index in [1.54, 1.807) is 26.8 Å². The molecule has 10 atom stereocenters. The molecule has 0 amide bonds. The second kappa shape index (κ2) is 8.94. The molecule has 1 heterocycles. The number of carbonyl (C=O) groups excluding carboxylic acids is 3.